The van der Waals surface area contributed by atoms with Crippen LogP contribution in [-0.2, 0) is 6.42 Å². The molecule has 3 aromatic rings. The highest BCUT2D eigenvalue weighted by Gasteiger charge is 2.17. The number of aromatic nitrogens is 4. The van der Waals surface area contributed by atoms with Gasteiger partial charge in [-0.05, 0) is 23.8 Å². The summed E-state index contributed by atoms with van der Waals surface area (Å²) in [6.07, 6.45) is 6.07. The van der Waals surface area contributed by atoms with Crippen molar-refractivity contribution in [2.24, 2.45) is 0 Å². The number of nitrogens with one attached hydrogen (secondary N) is 1. The van der Waals surface area contributed by atoms with Crippen molar-refractivity contribution in [1.82, 2.24) is 20.2 Å². The van der Waals surface area contributed by atoms with Gasteiger partial charge in [-0.1, -0.05) is 11.6 Å². The van der Waals surface area contributed by atoms with Crippen molar-refractivity contribution >= 4 is 23.1 Å². The number of rotatable bonds is 5. The summed E-state index contributed by atoms with van der Waals surface area (Å²) in [5, 5.41) is 16.1. The van der Waals surface area contributed by atoms with Gasteiger partial charge >= 0.3 is 0 Å². The minimum absolute atomic E-state index is 0.0121. The number of hydrogen-bond donors (Lipinski definition) is 2. The zero-order valence-corrected chi connectivity index (χ0v) is 12.5. The smallest absolute Gasteiger partial charge is 0.226 e. The molecule has 0 aromatic carbocycles. The van der Waals surface area contributed by atoms with Crippen molar-refractivity contribution in [3.63, 3.8) is 0 Å². The van der Waals surface area contributed by atoms with Crippen LogP contribution in [0, 0.1) is 0 Å². The largest absolute Gasteiger partial charge is 0.504 e. The molecule has 0 fully saturated rings. The quantitative estimate of drug-likeness (QED) is 0.423. The van der Waals surface area contributed by atoms with Crippen molar-refractivity contribution in [3.8, 4) is 0 Å². The first-order valence-electron chi connectivity index (χ1n) is 6.61. The monoisotopic (exact) mass is 330 g/mol. The highest BCUT2D eigenvalue weighted by molar-refractivity contribution is 6.34. The van der Waals surface area contributed by atoms with E-state index in [1.54, 1.807) is 18.5 Å². The first-order valence-corrected chi connectivity index (χ1v) is 6.99. The lowest BCUT2D eigenvalue weighted by Gasteiger charge is -1.97. The van der Waals surface area contributed by atoms with E-state index in [1.165, 1.54) is 6.33 Å². The summed E-state index contributed by atoms with van der Waals surface area (Å²) in [6, 6.07) is 5.26. The van der Waals surface area contributed by atoms with E-state index in [2.05, 4.69) is 20.2 Å². The number of aromatic amines is 1. The van der Waals surface area contributed by atoms with Crippen LogP contribution in [0.15, 0.2) is 47.4 Å². The second kappa shape index (κ2) is 6.45. The molecule has 0 atom stereocenters. The lowest BCUT2D eigenvalue weighted by Crippen LogP contribution is -1.97. The van der Waals surface area contributed by atoms with E-state index in [-0.39, 0.29) is 22.4 Å². The number of hydrogen-bond acceptors (Lipinski definition) is 6. The van der Waals surface area contributed by atoms with Crippen LogP contribution >= 0.6 is 11.6 Å². The average molecular weight is 331 g/mol. The molecule has 0 spiro atoms. The van der Waals surface area contributed by atoms with Crippen LogP contribution in [0.25, 0.3) is 5.76 Å². The van der Waals surface area contributed by atoms with Gasteiger partial charge in [0.25, 0.3) is 0 Å². The molecule has 0 saturated carbocycles. The van der Waals surface area contributed by atoms with Crippen LogP contribution < -0.4 is 0 Å². The molecule has 8 heteroatoms. The van der Waals surface area contributed by atoms with Gasteiger partial charge in [0, 0.05) is 24.9 Å². The molecule has 0 amide bonds. The number of carbonyl (C=O) groups excluding carboxylic acids is 1. The fourth-order valence-electron chi connectivity index (χ4n) is 1.96. The maximum Gasteiger partial charge on any atom is 0.226 e. The van der Waals surface area contributed by atoms with Crippen LogP contribution in [0.4, 0.5) is 0 Å². The van der Waals surface area contributed by atoms with Gasteiger partial charge in [-0.2, -0.15) is 5.10 Å². The highest BCUT2D eigenvalue weighted by Crippen LogP contribution is 2.24. The summed E-state index contributed by atoms with van der Waals surface area (Å²) in [6.45, 7) is 0. The normalized spacial score (nSPS) is 11.6. The maximum absolute atomic E-state index is 12.1. The SMILES string of the molecule is O=C(C=C(O)c1nc[nH]n1)c1oc(Cc2ccncc2)cc1Cl. The molecule has 0 saturated heterocycles. The second-order valence-electron chi connectivity index (χ2n) is 4.64. The number of nitrogens with zero attached hydrogens (tertiary/aromatic N) is 3. The van der Waals surface area contributed by atoms with Crippen molar-refractivity contribution in [1.29, 1.82) is 0 Å². The first-order chi connectivity index (χ1) is 11.1. The molecule has 23 heavy (non-hydrogen) atoms. The summed E-state index contributed by atoms with van der Waals surface area (Å²) in [5.41, 5.74) is 0.975. The molecular weight excluding hydrogens is 320 g/mol. The molecule has 0 bridgehead atoms. The Morgan fingerprint density at radius 2 is 2.17 bits per heavy atom. The van der Waals surface area contributed by atoms with E-state index >= 15 is 0 Å². The highest BCUT2D eigenvalue weighted by atomic mass is 35.5. The van der Waals surface area contributed by atoms with Crippen molar-refractivity contribution in [3.05, 3.63) is 70.9 Å². The van der Waals surface area contributed by atoms with Crippen molar-refractivity contribution in [2.45, 2.75) is 6.42 Å². The van der Waals surface area contributed by atoms with Crippen LogP contribution in [0.5, 0.6) is 0 Å². The molecule has 7 nitrogen and oxygen atoms in total. The molecule has 2 N–H and O–H groups in total. The Balaban J connectivity index is 1.80. The fraction of sp³-hybridized carbons (Fsp3) is 0.0667. The number of ketones is 1. The third-order valence-corrected chi connectivity index (χ3v) is 3.28. The van der Waals surface area contributed by atoms with E-state index < -0.39 is 5.78 Å². The Kier molecular flexibility index (Phi) is 4.20. The molecule has 3 heterocycles. The Morgan fingerprint density at radius 3 is 2.87 bits per heavy atom. The molecular formula is C15H11ClN4O3. The summed E-state index contributed by atoms with van der Waals surface area (Å²) in [7, 11) is 0. The number of allylic oxidation sites excluding steroid dienone is 1. The molecule has 3 aromatic heterocycles. The van der Waals surface area contributed by atoms with E-state index in [0.717, 1.165) is 11.6 Å². The Morgan fingerprint density at radius 1 is 1.39 bits per heavy atom. The second-order valence-corrected chi connectivity index (χ2v) is 5.05. The summed E-state index contributed by atoms with van der Waals surface area (Å²) in [5.74, 6) is -0.441. The van der Waals surface area contributed by atoms with E-state index in [1.807, 2.05) is 12.1 Å². The summed E-state index contributed by atoms with van der Waals surface area (Å²) >= 11 is 6.04. The predicted octanol–water partition coefficient (Wildman–Crippen LogP) is 2.82. The van der Waals surface area contributed by atoms with Crippen LogP contribution in [0.2, 0.25) is 5.02 Å². The van der Waals surface area contributed by atoms with Gasteiger partial charge in [0.15, 0.2) is 11.5 Å². The van der Waals surface area contributed by atoms with Crippen LogP contribution in [0.1, 0.15) is 27.7 Å². The zero-order valence-electron chi connectivity index (χ0n) is 11.7. The van der Waals surface area contributed by atoms with Gasteiger partial charge in [0.05, 0.1) is 5.02 Å². The van der Waals surface area contributed by atoms with Crippen molar-refractivity contribution < 1.29 is 14.3 Å². The number of carbonyl (C=O) groups is 1. The predicted molar refractivity (Wildman–Crippen MR) is 82.1 cm³/mol. The molecule has 0 radical (unpaired) electrons. The number of furan rings is 1. The molecule has 0 unspecified atom stereocenters. The minimum Gasteiger partial charge on any atom is -0.504 e. The topological polar surface area (TPSA) is 105 Å². The average Bonchev–Trinajstić information content (AvgIpc) is 3.18. The Labute approximate surface area is 135 Å². The number of H-pyrrole nitrogens is 1. The number of pyridine rings is 1. The van der Waals surface area contributed by atoms with Gasteiger partial charge in [-0.3, -0.25) is 14.9 Å². The fourth-order valence-corrected chi connectivity index (χ4v) is 2.21. The number of aliphatic hydroxyl groups is 1. The molecule has 116 valence electrons. The molecule has 0 aliphatic rings. The Bertz CT molecular complexity index is 841. The van der Waals surface area contributed by atoms with Gasteiger partial charge < -0.3 is 9.52 Å². The summed E-state index contributed by atoms with van der Waals surface area (Å²) < 4.78 is 5.49. The molecule has 3 rings (SSSR count). The van der Waals surface area contributed by atoms with Crippen LogP contribution in [-0.4, -0.2) is 31.1 Å². The first kappa shape index (κ1) is 15.0. The van der Waals surface area contributed by atoms with E-state index in [0.29, 0.717) is 12.2 Å². The lowest BCUT2D eigenvalue weighted by atomic mass is 10.2. The standard InChI is InChI=1S/C15H11ClN4O3/c16-11-6-10(5-9-1-3-17-4-2-9)23-14(11)12(21)7-13(22)15-18-8-19-20-15/h1-4,6-8,22H,5H2,(H,18,19,20). The number of aliphatic hydroxyl groups excluding tert-OH is 1. The van der Waals surface area contributed by atoms with E-state index in [4.69, 9.17) is 16.0 Å². The van der Waals surface area contributed by atoms with E-state index in [9.17, 15) is 9.90 Å². The third kappa shape index (κ3) is 3.46. The molecule has 0 aliphatic carbocycles. The lowest BCUT2D eigenvalue weighted by molar-refractivity contribution is 0.101. The maximum atomic E-state index is 12.1. The minimum atomic E-state index is -0.571. The summed E-state index contributed by atoms with van der Waals surface area (Å²) in [4.78, 5) is 19.8. The number of halogens is 1. The third-order valence-electron chi connectivity index (χ3n) is 3.00. The van der Waals surface area contributed by atoms with Gasteiger partial charge in [0.1, 0.15) is 12.1 Å². The van der Waals surface area contributed by atoms with Crippen molar-refractivity contribution in [2.75, 3.05) is 0 Å². The molecule has 0 aliphatic heterocycles. The van der Waals surface area contributed by atoms with Gasteiger partial charge in [-0.25, -0.2) is 4.98 Å². The van der Waals surface area contributed by atoms with Gasteiger partial charge in [-0.15, -0.1) is 0 Å². The van der Waals surface area contributed by atoms with Gasteiger partial charge in [0.2, 0.25) is 11.6 Å². The Hall–Kier alpha value is -2.93. The zero-order chi connectivity index (χ0) is 16.2. The van der Waals surface area contributed by atoms with Crippen LogP contribution in [0.3, 0.4) is 0 Å².